The first-order chi connectivity index (χ1) is 8.99. The number of halogens is 2. The first-order valence-electron chi connectivity index (χ1n) is 5.50. The normalized spacial score (nSPS) is 10.5. The fraction of sp³-hybridized carbons (Fsp3) is 0.154. The third-order valence-electron chi connectivity index (χ3n) is 2.67. The van der Waals surface area contributed by atoms with Gasteiger partial charge in [-0.1, -0.05) is 28.1 Å². The minimum atomic E-state index is -0.182. The number of benzene rings is 1. The lowest BCUT2D eigenvalue weighted by Crippen LogP contribution is -2.28. The Morgan fingerprint density at radius 3 is 2.63 bits per heavy atom. The summed E-state index contributed by atoms with van der Waals surface area (Å²) in [7, 11) is 0. The summed E-state index contributed by atoms with van der Waals surface area (Å²) in [6.45, 7) is 1.72. The van der Waals surface area contributed by atoms with Crippen molar-refractivity contribution in [1.29, 1.82) is 0 Å². The van der Waals surface area contributed by atoms with E-state index in [1.165, 1.54) is 10.8 Å². The smallest absolute Gasteiger partial charge is 0.267 e. The minimum Gasteiger partial charge on any atom is -0.292 e. The molecule has 0 unspecified atom stereocenters. The summed E-state index contributed by atoms with van der Waals surface area (Å²) in [5.41, 5.74) is 0.395. The number of aryl methyl sites for hydroxylation is 1. The van der Waals surface area contributed by atoms with Crippen molar-refractivity contribution in [2.24, 2.45) is 0 Å². The van der Waals surface area contributed by atoms with Gasteiger partial charge in [0.15, 0.2) is 5.78 Å². The van der Waals surface area contributed by atoms with Crippen molar-refractivity contribution in [2.45, 2.75) is 13.5 Å². The third kappa shape index (κ3) is 3.30. The van der Waals surface area contributed by atoms with Crippen LogP contribution in [0.2, 0.25) is 0 Å². The van der Waals surface area contributed by atoms with E-state index in [0.717, 1.165) is 4.47 Å². The lowest BCUT2D eigenvalue weighted by atomic mass is 10.1. The molecule has 98 valence electrons. The van der Waals surface area contributed by atoms with Gasteiger partial charge >= 0.3 is 0 Å². The minimum absolute atomic E-state index is 0.0101. The van der Waals surface area contributed by atoms with Gasteiger partial charge in [-0.15, -0.1) is 0 Å². The molecular weight excluding hydrogens is 423 g/mol. The van der Waals surface area contributed by atoms with Crippen molar-refractivity contribution in [1.82, 2.24) is 9.55 Å². The zero-order valence-electron chi connectivity index (χ0n) is 10.1. The van der Waals surface area contributed by atoms with Crippen LogP contribution in [0.5, 0.6) is 0 Å². The Hall–Kier alpha value is -1.02. The van der Waals surface area contributed by atoms with Crippen LogP contribution in [-0.2, 0) is 6.54 Å². The average molecular weight is 433 g/mol. The van der Waals surface area contributed by atoms with Gasteiger partial charge in [0.2, 0.25) is 0 Å². The number of Topliss-reactive ketones (excluding diaryl/α,β-unsaturated/α-hetero) is 1. The molecule has 1 aromatic carbocycles. The molecule has 0 saturated carbocycles. The van der Waals surface area contributed by atoms with Crippen molar-refractivity contribution in [3.05, 3.63) is 60.2 Å². The van der Waals surface area contributed by atoms with Gasteiger partial charge in [0.25, 0.3) is 5.56 Å². The zero-order chi connectivity index (χ0) is 14.0. The zero-order valence-corrected chi connectivity index (χ0v) is 13.8. The molecule has 0 spiro atoms. The molecule has 0 amide bonds. The summed E-state index contributed by atoms with van der Waals surface area (Å²) < 4.78 is 2.81. The van der Waals surface area contributed by atoms with Crippen LogP contribution in [0.1, 0.15) is 16.2 Å². The number of hydrogen-bond donors (Lipinski definition) is 0. The lowest BCUT2D eigenvalue weighted by molar-refractivity contribution is 0.0969. The number of nitrogens with zero attached hydrogens (tertiary/aromatic N) is 2. The highest BCUT2D eigenvalue weighted by Gasteiger charge is 2.11. The SMILES string of the molecule is Cc1ncc(I)c(=O)n1CC(=O)c1ccc(Br)cc1. The van der Waals surface area contributed by atoms with E-state index in [0.29, 0.717) is 15.0 Å². The highest BCUT2D eigenvalue weighted by molar-refractivity contribution is 14.1. The number of aromatic nitrogens is 2. The molecule has 0 atom stereocenters. The van der Waals surface area contributed by atoms with Crippen LogP contribution in [-0.4, -0.2) is 15.3 Å². The maximum atomic E-state index is 12.1. The lowest BCUT2D eigenvalue weighted by Gasteiger charge is -2.08. The van der Waals surface area contributed by atoms with Crippen LogP contribution in [0.15, 0.2) is 39.7 Å². The molecule has 0 radical (unpaired) electrons. The molecule has 6 heteroatoms. The quantitative estimate of drug-likeness (QED) is 0.553. The van der Waals surface area contributed by atoms with Gasteiger partial charge in [0, 0.05) is 16.2 Å². The van der Waals surface area contributed by atoms with E-state index < -0.39 is 0 Å². The number of carbonyl (C=O) groups excluding carboxylic acids is 1. The van der Waals surface area contributed by atoms with Crippen molar-refractivity contribution >= 4 is 44.3 Å². The maximum absolute atomic E-state index is 12.1. The fourth-order valence-corrected chi connectivity index (χ4v) is 2.30. The first-order valence-corrected chi connectivity index (χ1v) is 7.37. The molecule has 0 aliphatic heterocycles. The largest absolute Gasteiger partial charge is 0.292 e. The second-order valence-corrected chi connectivity index (χ2v) is 6.05. The molecule has 2 rings (SSSR count). The van der Waals surface area contributed by atoms with Gasteiger partial charge in [0.05, 0.1) is 10.1 Å². The van der Waals surface area contributed by atoms with Crippen LogP contribution in [0.4, 0.5) is 0 Å². The number of hydrogen-bond acceptors (Lipinski definition) is 3. The second-order valence-electron chi connectivity index (χ2n) is 3.97. The van der Waals surface area contributed by atoms with Gasteiger partial charge < -0.3 is 0 Å². The number of ketones is 1. The van der Waals surface area contributed by atoms with Crippen molar-refractivity contribution in [3.63, 3.8) is 0 Å². The van der Waals surface area contributed by atoms with Crippen LogP contribution in [0.3, 0.4) is 0 Å². The van der Waals surface area contributed by atoms with Crippen LogP contribution < -0.4 is 5.56 Å². The number of rotatable bonds is 3. The molecule has 0 N–H and O–H groups in total. The van der Waals surface area contributed by atoms with Crippen molar-refractivity contribution < 1.29 is 4.79 Å². The van der Waals surface area contributed by atoms with E-state index in [9.17, 15) is 9.59 Å². The fourth-order valence-electron chi connectivity index (χ4n) is 1.61. The summed E-state index contributed by atoms with van der Waals surface area (Å²) in [6.07, 6.45) is 1.51. The molecule has 1 aromatic heterocycles. The highest BCUT2D eigenvalue weighted by atomic mass is 127. The standard InChI is InChI=1S/C13H10BrIN2O2/c1-8-16-6-11(15)13(19)17(8)7-12(18)9-2-4-10(14)5-3-9/h2-6H,7H2,1H3. The predicted molar refractivity (Wildman–Crippen MR) is 84.4 cm³/mol. The van der Waals surface area contributed by atoms with E-state index in [1.807, 2.05) is 22.6 Å². The first kappa shape index (κ1) is 14.4. The van der Waals surface area contributed by atoms with Crippen LogP contribution >= 0.6 is 38.5 Å². The average Bonchev–Trinajstić information content (AvgIpc) is 2.40. The van der Waals surface area contributed by atoms with Crippen LogP contribution in [0, 0.1) is 10.5 Å². The molecule has 4 nitrogen and oxygen atoms in total. The summed E-state index contributed by atoms with van der Waals surface area (Å²) in [6, 6.07) is 7.06. The number of carbonyl (C=O) groups is 1. The Morgan fingerprint density at radius 2 is 2.00 bits per heavy atom. The molecule has 2 aromatic rings. The summed E-state index contributed by atoms with van der Waals surface area (Å²) in [4.78, 5) is 28.2. The molecular formula is C13H10BrIN2O2. The monoisotopic (exact) mass is 432 g/mol. The third-order valence-corrected chi connectivity index (χ3v) is 3.94. The van der Waals surface area contributed by atoms with Crippen LogP contribution in [0.25, 0.3) is 0 Å². The Bertz CT molecular complexity index is 680. The Morgan fingerprint density at radius 1 is 1.37 bits per heavy atom. The van der Waals surface area contributed by atoms with Crippen molar-refractivity contribution in [3.8, 4) is 0 Å². The van der Waals surface area contributed by atoms with Crippen molar-refractivity contribution in [2.75, 3.05) is 0 Å². The molecule has 19 heavy (non-hydrogen) atoms. The summed E-state index contributed by atoms with van der Waals surface area (Å²) >= 11 is 5.24. The molecule has 0 saturated heterocycles. The van der Waals surface area contributed by atoms with Gasteiger partial charge in [-0.25, -0.2) is 4.98 Å². The van der Waals surface area contributed by atoms with E-state index in [4.69, 9.17) is 0 Å². The molecule has 0 aliphatic carbocycles. The summed E-state index contributed by atoms with van der Waals surface area (Å²) in [5, 5.41) is 0. The predicted octanol–water partition coefficient (Wildman–Crippen LogP) is 2.80. The molecule has 0 bridgehead atoms. The van der Waals surface area contributed by atoms with E-state index >= 15 is 0 Å². The van der Waals surface area contributed by atoms with Gasteiger partial charge in [-0.3, -0.25) is 14.2 Å². The second kappa shape index (κ2) is 5.96. The highest BCUT2D eigenvalue weighted by Crippen LogP contribution is 2.11. The topological polar surface area (TPSA) is 52.0 Å². The Labute approximate surface area is 132 Å². The van der Waals surface area contributed by atoms with Gasteiger partial charge in [0.1, 0.15) is 5.82 Å². The maximum Gasteiger partial charge on any atom is 0.267 e. The molecule has 1 heterocycles. The molecule has 0 aliphatic rings. The van der Waals surface area contributed by atoms with E-state index in [-0.39, 0.29) is 17.9 Å². The summed E-state index contributed by atoms with van der Waals surface area (Å²) in [5.74, 6) is 0.428. The van der Waals surface area contributed by atoms with Gasteiger partial charge in [-0.2, -0.15) is 0 Å². The molecule has 0 fully saturated rings. The van der Waals surface area contributed by atoms with E-state index in [2.05, 4.69) is 20.9 Å². The Balaban J connectivity index is 2.32. The van der Waals surface area contributed by atoms with Gasteiger partial charge in [-0.05, 0) is 41.6 Å². The Kier molecular flexibility index (Phi) is 4.51. The van der Waals surface area contributed by atoms with E-state index in [1.54, 1.807) is 31.2 Å².